The second kappa shape index (κ2) is 8.39. The average Bonchev–Trinajstić information content (AvgIpc) is 2.16. The molecule has 0 aromatic carbocycles. The van der Waals surface area contributed by atoms with Gasteiger partial charge in [0.25, 0.3) is 0 Å². The number of nitrogens with two attached hydrogens (primary N) is 1. The Bertz CT molecular complexity index is 286. The molecule has 0 bridgehead atoms. The molecule has 0 saturated heterocycles. The van der Waals surface area contributed by atoms with Crippen molar-refractivity contribution >= 4 is 35.1 Å². The van der Waals surface area contributed by atoms with Crippen LogP contribution in [0.15, 0.2) is 0 Å². The molecular formula is C8H12Cl2F3NO4. The number of carboxylic acid groups (broad SMARTS) is 2. The van der Waals surface area contributed by atoms with Crippen molar-refractivity contribution < 1.29 is 33.0 Å². The van der Waals surface area contributed by atoms with Crippen LogP contribution in [0.3, 0.4) is 0 Å². The van der Waals surface area contributed by atoms with E-state index in [1.807, 2.05) is 0 Å². The van der Waals surface area contributed by atoms with Gasteiger partial charge >= 0.3 is 18.1 Å². The smallest absolute Gasteiger partial charge is 0.480 e. The lowest BCUT2D eigenvalue weighted by atomic mass is 10.0. The van der Waals surface area contributed by atoms with E-state index >= 15 is 0 Å². The van der Waals surface area contributed by atoms with Gasteiger partial charge in [-0.2, -0.15) is 13.2 Å². The Labute approximate surface area is 111 Å². The summed E-state index contributed by atoms with van der Waals surface area (Å²) in [5.74, 6) is -3.87. The van der Waals surface area contributed by atoms with Gasteiger partial charge in [-0.05, 0) is 12.3 Å². The number of carbonyl (C=O) groups is 2. The quantitative estimate of drug-likeness (QED) is 0.688. The minimum Gasteiger partial charge on any atom is -0.480 e. The Balaban J connectivity index is 0. The van der Waals surface area contributed by atoms with Crippen LogP contribution in [0.4, 0.5) is 13.2 Å². The van der Waals surface area contributed by atoms with E-state index in [9.17, 15) is 18.0 Å². The highest BCUT2D eigenvalue weighted by Gasteiger charge is 2.38. The summed E-state index contributed by atoms with van der Waals surface area (Å²) in [4.78, 5) is 18.6. The largest absolute Gasteiger partial charge is 0.490 e. The lowest BCUT2D eigenvalue weighted by Crippen LogP contribution is -2.32. The lowest BCUT2D eigenvalue weighted by Gasteiger charge is -2.14. The van der Waals surface area contributed by atoms with E-state index in [0.717, 1.165) is 0 Å². The summed E-state index contributed by atoms with van der Waals surface area (Å²) in [5, 5.41) is 15.5. The zero-order chi connectivity index (χ0) is 15.1. The molecule has 0 aromatic heterocycles. The molecule has 0 fully saturated rings. The van der Waals surface area contributed by atoms with Crippen LogP contribution in [0, 0.1) is 5.92 Å². The summed E-state index contributed by atoms with van der Waals surface area (Å²) in [6, 6.07) is -0.870. The van der Waals surface area contributed by atoms with Crippen LogP contribution >= 0.6 is 23.2 Å². The molecule has 0 unspecified atom stereocenters. The number of aliphatic carboxylic acids is 2. The van der Waals surface area contributed by atoms with Crippen LogP contribution < -0.4 is 5.73 Å². The molecule has 0 heterocycles. The number of rotatable bonds is 4. The molecule has 0 radical (unpaired) electrons. The molecule has 0 amide bonds. The summed E-state index contributed by atoms with van der Waals surface area (Å²) in [6.45, 7) is 1.76. The maximum Gasteiger partial charge on any atom is 0.490 e. The summed E-state index contributed by atoms with van der Waals surface area (Å²) >= 11 is 11.0. The zero-order valence-corrected chi connectivity index (χ0v) is 10.6. The summed E-state index contributed by atoms with van der Waals surface area (Å²) < 4.78 is 31.7. The van der Waals surface area contributed by atoms with Gasteiger partial charge in [0.2, 0.25) is 0 Å². The Morgan fingerprint density at radius 2 is 1.61 bits per heavy atom. The van der Waals surface area contributed by atoms with Crippen LogP contribution in [-0.4, -0.2) is 39.2 Å². The van der Waals surface area contributed by atoms with Crippen molar-refractivity contribution in [2.45, 2.75) is 30.4 Å². The Kier molecular flexibility index (Phi) is 9.13. The molecule has 10 heteroatoms. The minimum atomic E-state index is -5.08. The number of alkyl halides is 5. The second-order valence-corrected chi connectivity index (χ2v) is 4.46. The standard InChI is InChI=1S/C6H11Cl2NO2.C2HF3O2/c1-3(5(7)8)2-4(9)6(10)11;3-2(4,5)1(6)7/h3-5H,2,9H2,1H3,(H,10,11);(H,6,7)/t3-,4+;/m1./s1. The first-order valence-electron chi connectivity index (χ1n) is 4.46. The number of hydrogen-bond donors (Lipinski definition) is 3. The molecule has 2 atom stereocenters. The van der Waals surface area contributed by atoms with Crippen LogP contribution in [-0.2, 0) is 9.59 Å². The lowest BCUT2D eigenvalue weighted by molar-refractivity contribution is -0.192. The zero-order valence-electron chi connectivity index (χ0n) is 9.12. The van der Waals surface area contributed by atoms with Crippen LogP contribution in [0.1, 0.15) is 13.3 Å². The fourth-order valence-electron chi connectivity index (χ4n) is 0.604. The van der Waals surface area contributed by atoms with E-state index in [-0.39, 0.29) is 5.92 Å². The van der Waals surface area contributed by atoms with Crippen molar-refractivity contribution in [3.63, 3.8) is 0 Å². The molecular weight excluding hydrogens is 302 g/mol. The first-order valence-corrected chi connectivity index (χ1v) is 5.33. The monoisotopic (exact) mass is 313 g/mol. The van der Waals surface area contributed by atoms with E-state index < -0.39 is 29.0 Å². The van der Waals surface area contributed by atoms with Gasteiger partial charge in [-0.3, -0.25) is 4.79 Å². The molecule has 0 aliphatic carbocycles. The van der Waals surface area contributed by atoms with Gasteiger partial charge in [0.05, 0.1) is 0 Å². The van der Waals surface area contributed by atoms with Crippen LogP contribution in [0.2, 0.25) is 0 Å². The fraction of sp³-hybridized carbons (Fsp3) is 0.750. The number of hydrogen-bond acceptors (Lipinski definition) is 3. The van der Waals surface area contributed by atoms with E-state index in [2.05, 4.69) is 0 Å². The first-order chi connectivity index (χ1) is 7.89. The molecule has 4 N–H and O–H groups in total. The number of carboxylic acids is 2. The van der Waals surface area contributed by atoms with Crippen LogP contribution in [0.25, 0.3) is 0 Å². The third kappa shape index (κ3) is 10.4. The molecule has 5 nitrogen and oxygen atoms in total. The average molecular weight is 314 g/mol. The molecule has 0 spiro atoms. The van der Waals surface area contributed by atoms with Gasteiger partial charge in [0, 0.05) is 0 Å². The second-order valence-electron chi connectivity index (χ2n) is 3.30. The van der Waals surface area contributed by atoms with Gasteiger partial charge in [0.1, 0.15) is 10.9 Å². The maximum atomic E-state index is 10.6. The Morgan fingerprint density at radius 1 is 1.28 bits per heavy atom. The fourth-order valence-corrected chi connectivity index (χ4v) is 0.810. The van der Waals surface area contributed by atoms with Crippen LogP contribution in [0.5, 0.6) is 0 Å². The topological polar surface area (TPSA) is 101 Å². The third-order valence-electron chi connectivity index (χ3n) is 1.62. The summed E-state index contributed by atoms with van der Waals surface area (Å²) in [6.07, 6.45) is -4.78. The van der Waals surface area contributed by atoms with Crippen molar-refractivity contribution in [1.82, 2.24) is 0 Å². The SMILES string of the molecule is C[C@H](C[C@H](N)C(=O)O)C(Cl)Cl.O=C(O)C(F)(F)F. The highest BCUT2D eigenvalue weighted by atomic mass is 35.5. The van der Waals surface area contributed by atoms with Gasteiger partial charge in [0.15, 0.2) is 0 Å². The van der Waals surface area contributed by atoms with Crippen molar-refractivity contribution in [2.24, 2.45) is 11.7 Å². The first kappa shape index (κ1) is 19.6. The number of halogens is 5. The summed E-state index contributed by atoms with van der Waals surface area (Å²) in [5.41, 5.74) is 5.24. The molecule has 108 valence electrons. The van der Waals surface area contributed by atoms with Gasteiger partial charge in [-0.1, -0.05) is 6.92 Å². The minimum absolute atomic E-state index is 0.0931. The van der Waals surface area contributed by atoms with Gasteiger partial charge in [-0.15, -0.1) is 23.2 Å². The highest BCUT2D eigenvalue weighted by molar-refractivity contribution is 6.44. The molecule has 0 saturated carbocycles. The highest BCUT2D eigenvalue weighted by Crippen LogP contribution is 2.18. The van der Waals surface area contributed by atoms with Crippen molar-refractivity contribution in [3.8, 4) is 0 Å². The van der Waals surface area contributed by atoms with E-state index in [1.54, 1.807) is 6.92 Å². The molecule has 0 rings (SSSR count). The van der Waals surface area contributed by atoms with E-state index in [1.165, 1.54) is 0 Å². The van der Waals surface area contributed by atoms with Gasteiger partial charge < -0.3 is 15.9 Å². The molecule has 0 aliphatic rings. The predicted octanol–water partition coefficient (Wildman–Crippen LogP) is 1.86. The Hall–Kier alpha value is -0.730. The van der Waals surface area contributed by atoms with Crippen molar-refractivity contribution in [3.05, 3.63) is 0 Å². The van der Waals surface area contributed by atoms with E-state index in [0.29, 0.717) is 6.42 Å². The predicted molar refractivity (Wildman–Crippen MR) is 58.6 cm³/mol. The third-order valence-corrected chi connectivity index (χ3v) is 2.48. The van der Waals surface area contributed by atoms with Crippen molar-refractivity contribution in [2.75, 3.05) is 0 Å². The Morgan fingerprint density at radius 3 is 1.78 bits per heavy atom. The van der Waals surface area contributed by atoms with E-state index in [4.69, 9.17) is 43.9 Å². The van der Waals surface area contributed by atoms with Crippen molar-refractivity contribution in [1.29, 1.82) is 0 Å². The molecule has 0 aromatic rings. The normalized spacial score (nSPS) is 14.4. The van der Waals surface area contributed by atoms with Gasteiger partial charge in [-0.25, -0.2) is 4.79 Å². The molecule has 18 heavy (non-hydrogen) atoms. The maximum absolute atomic E-state index is 10.6. The molecule has 0 aliphatic heterocycles. The summed E-state index contributed by atoms with van der Waals surface area (Å²) in [7, 11) is 0.